The lowest BCUT2D eigenvalue weighted by Gasteiger charge is -2.10. The number of ether oxygens (including phenoxy) is 1. The Morgan fingerprint density at radius 3 is 2.40 bits per heavy atom. The van der Waals surface area contributed by atoms with E-state index in [1.54, 1.807) is 30.3 Å². The van der Waals surface area contributed by atoms with E-state index >= 15 is 0 Å². The van der Waals surface area contributed by atoms with Crippen molar-refractivity contribution in [3.05, 3.63) is 61.9 Å². The SMILES string of the molecule is COc1c(Cl)ccc(Nc2nnc(Cc3c(Cl)cccc3Cl)o2)c1Cl. The largest absolute Gasteiger partial charge is 0.494 e. The summed E-state index contributed by atoms with van der Waals surface area (Å²) in [6.45, 7) is 0. The first-order valence-corrected chi connectivity index (χ1v) is 8.55. The Morgan fingerprint density at radius 2 is 1.72 bits per heavy atom. The van der Waals surface area contributed by atoms with Gasteiger partial charge in [-0.15, -0.1) is 5.10 Å². The van der Waals surface area contributed by atoms with E-state index in [2.05, 4.69) is 15.5 Å². The lowest BCUT2D eigenvalue weighted by Crippen LogP contribution is -1.94. The minimum Gasteiger partial charge on any atom is -0.494 e. The molecule has 0 aliphatic rings. The highest BCUT2D eigenvalue weighted by atomic mass is 35.5. The van der Waals surface area contributed by atoms with E-state index in [0.717, 1.165) is 0 Å². The summed E-state index contributed by atoms with van der Waals surface area (Å²) >= 11 is 24.6. The Balaban J connectivity index is 1.81. The van der Waals surface area contributed by atoms with Gasteiger partial charge in [0.25, 0.3) is 0 Å². The standard InChI is InChI=1S/C16H11Cl4N3O2/c1-24-15-11(19)5-6-12(14(15)20)21-16-23-22-13(25-16)7-8-9(17)3-2-4-10(8)18/h2-6H,7H2,1H3,(H,21,23). The van der Waals surface area contributed by atoms with Gasteiger partial charge in [0, 0.05) is 10.0 Å². The third kappa shape index (κ3) is 3.96. The molecule has 0 aliphatic carbocycles. The molecule has 0 unspecified atom stereocenters. The summed E-state index contributed by atoms with van der Waals surface area (Å²) in [5.41, 5.74) is 1.24. The number of hydrogen-bond donors (Lipinski definition) is 1. The van der Waals surface area contributed by atoms with Crippen LogP contribution in [0.2, 0.25) is 20.1 Å². The Kier molecular flexibility index (Phi) is 5.59. The average Bonchev–Trinajstić information content (AvgIpc) is 3.02. The number of hydrogen-bond acceptors (Lipinski definition) is 5. The van der Waals surface area contributed by atoms with Crippen LogP contribution in [0.4, 0.5) is 11.7 Å². The molecule has 9 heteroatoms. The number of methoxy groups -OCH3 is 1. The summed E-state index contributed by atoms with van der Waals surface area (Å²) in [6, 6.07) is 8.77. The molecule has 2 aromatic carbocycles. The third-order valence-corrected chi connectivity index (χ3v) is 4.73. The monoisotopic (exact) mass is 417 g/mol. The number of rotatable bonds is 5. The highest BCUT2D eigenvalue weighted by Gasteiger charge is 2.15. The van der Waals surface area contributed by atoms with Crippen LogP contribution in [0.15, 0.2) is 34.7 Å². The summed E-state index contributed by atoms with van der Waals surface area (Å²) in [5.74, 6) is 0.713. The molecule has 5 nitrogen and oxygen atoms in total. The minimum absolute atomic E-state index is 0.171. The summed E-state index contributed by atoms with van der Waals surface area (Å²) in [7, 11) is 1.48. The fraction of sp³-hybridized carbons (Fsp3) is 0.125. The fourth-order valence-electron chi connectivity index (χ4n) is 2.16. The van der Waals surface area contributed by atoms with Crippen molar-refractivity contribution in [2.45, 2.75) is 6.42 Å². The lowest BCUT2D eigenvalue weighted by atomic mass is 10.1. The molecule has 1 heterocycles. The molecular formula is C16H11Cl4N3O2. The van der Waals surface area contributed by atoms with Gasteiger partial charge in [0.2, 0.25) is 5.89 Å². The van der Waals surface area contributed by atoms with Crippen LogP contribution in [0.1, 0.15) is 11.5 Å². The van der Waals surface area contributed by atoms with Crippen molar-refractivity contribution in [2.75, 3.05) is 12.4 Å². The Bertz CT molecular complexity index is 894. The second-order valence-electron chi connectivity index (χ2n) is 4.95. The van der Waals surface area contributed by atoms with Crippen LogP contribution in [0.5, 0.6) is 5.75 Å². The predicted molar refractivity (Wildman–Crippen MR) is 99.9 cm³/mol. The van der Waals surface area contributed by atoms with Crippen molar-refractivity contribution < 1.29 is 9.15 Å². The lowest BCUT2D eigenvalue weighted by molar-refractivity contribution is 0.415. The average molecular weight is 419 g/mol. The van der Waals surface area contributed by atoms with Gasteiger partial charge in [-0.25, -0.2) is 0 Å². The molecule has 0 aliphatic heterocycles. The first kappa shape index (κ1) is 18.1. The molecule has 0 bridgehead atoms. The summed E-state index contributed by atoms with van der Waals surface area (Å²) < 4.78 is 10.7. The molecule has 0 fully saturated rings. The third-order valence-electron chi connectivity index (χ3n) is 3.35. The summed E-state index contributed by atoms with van der Waals surface area (Å²) in [4.78, 5) is 0. The van der Waals surface area contributed by atoms with Gasteiger partial charge in [0.15, 0.2) is 5.75 Å². The van der Waals surface area contributed by atoms with Gasteiger partial charge in [-0.05, 0) is 29.8 Å². The van der Waals surface area contributed by atoms with E-state index in [-0.39, 0.29) is 6.01 Å². The number of halogens is 4. The number of aromatic nitrogens is 2. The van der Waals surface area contributed by atoms with Gasteiger partial charge in [-0.2, -0.15) is 0 Å². The zero-order chi connectivity index (χ0) is 18.0. The molecule has 1 aromatic heterocycles. The number of anilines is 2. The molecule has 0 saturated carbocycles. The van der Waals surface area contributed by atoms with E-state index in [4.69, 9.17) is 55.6 Å². The zero-order valence-electron chi connectivity index (χ0n) is 12.8. The number of nitrogens with zero attached hydrogens (tertiary/aromatic N) is 2. The maximum Gasteiger partial charge on any atom is 0.320 e. The van der Waals surface area contributed by atoms with E-state index < -0.39 is 0 Å². The van der Waals surface area contributed by atoms with Gasteiger partial charge in [0.1, 0.15) is 5.02 Å². The van der Waals surface area contributed by atoms with Crippen molar-refractivity contribution >= 4 is 58.1 Å². The quantitative estimate of drug-likeness (QED) is 0.548. The number of benzene rings is 2. The minimum atomic E-state index is 0.171. The van der Waals surface area contributed by atoms with Gasteiger partial charge in [-0.1, -0.05) is 57.6 Å². The normalized spacial score (nSPS) is 10.8. The molecule has 3 aromatic rings. The zero-order valence-corrected chi connectivity index (χ0v) is 15.8. The Hall–Kier alpha value is -1.66. The Morgan fingerprint density at radius 1 is 1.00 bits per heavy atom. The van der Waals surface area contributed by atoms with E-state index in [9.17, 15) is 0 Å². The molecule has 0 spiro atoms. The van der Waals surface area contributed by atoms with E-state index in [1.165, 1.54) is 7.11 Å². The summed E-state index contributed by atoms with van der Waals surface area (Å²) in [5, 5.41) is 12.6. The van der Waals surface area contributed by atoms with Crippen LogP contribution in [0, 0.1) is 0 Å². The first-order chi connectivity index (χ1) is 12.0. The summed E-state index contributed by atoms with van der Waals surface area (Å²) in [6.07, 6.45) is 0.310. The van der Waals surface area contributed by atoms with E-state index in [0.29, 0.717) is 49.4 Å². The number of nitrogens with one attached hydrogen (secondary N) is 1. The fourth-order valence-corrected chi connectivity index (χ4v) is 3.26. The molecule has 0 atom stereocenters. The smallest absolute Gasteiger partial charge is 0.320 e. The van der Waals surface area contributed by atoms with Crippen LogP contribution < -0.4 is 10.1 Å². The van der Waals surface area contributed by atoms with Crippen molar-refractivity contribution in [3.8, 4) is 5.75 Å². The van der Waals surface area contributed by atoms with Crippen LogP contribution in [-0.4, -0.2) is 17.3 Å². The molecule has 1 N–H and O–H groups in total. The molecule has 3 rings (SSSR count). The first-order valence-electron chi connectivity index (χ1n) is 7.04. The maximum absolute atomic E-state index is 6.25. The van der Waals surface area contributed by atoms with Crippen LogP contribution in [0.25, 0.3) is 0 Å². The van der Waals surface area contributed by atoms with Crippen molar-refractivity contribution in [1.29, 1.82) is 0 Å². The second-order valence-corrected chi connectivity index (χ2v) is 6.54. The van der Waals surface area contributed by atoms with Crippen molar-refractivity contribution in [1.82, 2.24) is 10.2 Å². The van der Waals surface area contributed by atoms with Gasteiger partial charge in [-0.3, -0.25) is 0 Å². The highest BCUT2D eigenvalue weighted by Crippen LogP contribution is 2.39. The van der Waals surface area contributed by atoms with Crippen LogP contribution in [0.3, 0.4) is 0 Å². The molecule has 0 radical (unpaired) electrons. The molecule has 25 heavy (non-hydrogen) atoms. The Labute approximate surface area is 163 Å². The molecule has 0 amide bonds. The highest BCUT2D eigenvalue weighted by molar-refractivity contribution is 6.39. The predicted octanol–water partition coefficient (Wildman–Crippen LogP) is 6.03. The van der Waals surface area contributed by atoms with E-state index in [1.807, 2.05) is 0 Å². The van der Waals surface area contributed by atoms with Crippen molar-refractivity contribution in [2.24, 2.45) is 0 Å². The maximum atomic E-state index is 6.25. The molecular weight excluding hydrogens is 408 g/mol. The molecule has 0 saturated heterocycles. The molecule has 130 valence electrons. The van der Waals surface area contributed by atoms with Gasteiger partial charge in [0.05, 0.1) is 24.2 Å². The van der Waals surface area contributed by atoms with Gasteiger partial charge >= 0.3 is 6.01 Å². The topological polar surface area (TPSA) is 60.2 Å². The van der Waals surface area contributed by atoms with Crippen LogP contribution >= 0.6 is 46.4 Å². The van der Waals surface area contributed by atoms with Crippen molar-refractivity contribution in [3.63, 3.8) is 0 Å². The second kappa shape index (κ2) is 7.70. The van der Waals surface area contributed by atoms with Crippen LogP contribution in [-0.2, 0) is 6.42 Å². The van der Waals surface area contributed by atoms with Gasteiger partial charge < -0.3 is 14.5 Å².